The normalized spacial score (nSPS) is 21.4. The molecular formula is C24H30N4O4S. The highest BCUT2D eigenvalue weighted by Gasteiger charge is 2.46. The average Bonchev–Trinajstić information content (AvgIpc) is 3.26. The van der Waals surface area contributed by atoms with Crippen LogP contribution in [0, 0.1) is 6.92 Å². The summed E-state index contributed by atoms with van der Waals surface area (Å²) in [4.78, 5) is 15.4. The quantitative estimate of drug-likeness (QED) is 0.625. The first-order valence-electron chi connectivity index (χ1n) is 11.4. The summed E-state index contributed by atoms with van der Waals surface area (Å²) in [5, 5.41) is 1.01. The van der Waals surface area contributed by atoms with Crippen LogP contribution in [0.3, 0.4) is 0 Å². The van der Waals surface area contributed by atoms with Crippen molar-refractivity contribution in [3.8, 4) is 11.4 Å². The Morgan fingerprint density at radius 2 is 1.91 bits per heavy atom. The van der Waals surface area contributed by atoms with Crippen LogP contribution in [0.5, 0.6) is 0 Å². The number of hydrogen-bond donors (Lipinski definition) is 1. The predicted molar refractivity (Wildman–Crippen MR) is 128 cm³/mol. The van der Waals surface area contributed by atoms with Gasteiger partial charge in [0.2, 0.25) is 0 Å². The van der Waals surface area contributed by atoms with Gasteiger partial charge in [0.05, 0.1) is 24.9 Å². The first-order valence-corrected chi connectivity index (χ1v) is 13.3. The standard InChI is InChI=1S/C24H30N4O4S/c1-16-12-19(18-4-7-25-20(18)13-16)23-26-21(24(33(3,29)30)5-9-31-10-6-24)14-22(27-23)28-8-11-32-15-17(28)2/h4,7,12-14,17,25H,5-6,8-11,15H2,1-3H3. The summed E-state index contributed by atoms with van der Waals surface area (Å²) in [6, 6.07) is 8.17. The van der Waals surface area contributed by atoms with Crippen LogP contribution in [0.2, 0.25) is 0 Å². The number of benzene rings is 1. The van der Waals surface area contributed by atoms with Crippen LogP contribution in [-0.2, 0) is 24.1 Å². The molecule has 2 aliphatic rings. The number of aromatic amines is 1. The van der Waals surface area contributed by atoms with Crippen molar-refractivity contribution >= 4 is 26.6 Å². The zero-order valence-electron chi connectivity index (χ0n) is 19.3. The highest BCUT2D eigenvalue weighted by Crippen LogP contribution is 2.41. The molecule has 1 unspecified atom stereocenters. The van der Waals surface area contributed by atoms with E-state index in [0.29, 0.717) is 57.3 Å². The molecule has 0 saturated carbocycles. The van der Waals surface area contributed by atoms with Crippen molar-refractivity contribution in [3.63, 3.8) is 0 Å². The molecule has 1 N–H and O–H groups in total. The van der Waals surface area contributed by atoms with Crippen LogP contribution in [-0.4, -0.2) is 68.6 Å². The molecule has 0 bridgehead atoms. The molecule has 0 radical (unpaired) electrons. The number of H-pyrrole nitrogens is 1. The van der Waals surface area contributed by atoms with E-state index >= 15 is 0 Å². The Morgan fingerprint density at radius 3 is 2.64 bits per heavy atom. The van der Waals surface area contributed by atoms with Gasteiger partial charge in [0.15, 0.2) is 15.7 Å². The van der Waals surface area contributed by atoms with E-state index in [1.54, 1.807) is 0 Å². The lowest BCUT2D eigenvalue weighted by atomic mass is 9.94. The highest BCUT2D eigenvalue weighted by atomic mass is 32.2. The molecular weight excluding hydrogens is 440 g/mol. The molecule has 0 aliphatic carbocycles. The molecule has 5 rings (SSSR count). The molecule has 33 heavy (non-hydrogen) atoms. The number of morpholine rings is 1. The van der Waals surface area contributed by atoms with E-state index in [-0.39, 0.29) is 6.04 Å². The maximum absolute atomic E-state index is 13.2. The lowest BCUT2D eigenvalue weighted by molar-refractivity contribution is 0.0731. The number of fused-ring (bicyclic) bond motifs is 1. The van der Waals surface area contributed by atoms with Gasteiger partial charge in [-0.25, -0.2) is 18.4 Å². The number of rotatable bonds is 4. The van der Waals surface area contributed by atoms with Crippen molar-refractivity contribution in [1.29, 1.82) is 0 Å². The molecule has 4 heterocycles. The lowest BCUT2D eigenvalue weighted by Crippen LogP contribution is -2.45. The molecule has 176 valence electrons. The minimum atomic E-state index is -3.46. The number of aromatic nitrogens is 3. The molecule has 3 aromatic rings. The average molecular weight is 471 g/mol. The third kappa shape index (κ3) is 3.92. The maximum atomic E-state index is 13.2. The number of hydrogen-bond acceptors (Lipinski definition) is 7. The Kier molecular flexibility index (Phi) is 5.66. The molecule has 0 spiro atoms. The molecule has 2 aromatic heterocycles. The lowest BCUT2D eigenvalue weighted by Gasteiger charge is -2.37. The molecule has 2 fully saturated rings. The smallest absolute Gasteiger partial charge is 0.162 e. The molecule has 0 amide bonds. The van der Waals surface area contributed by atoms with Crippen molar-refractivity contribution < 1.29 is 17.9 Å². The Hall–Kier alpha value is -2.49. The van der Waals surface area contributed by atoms with E-state index in [1.807, 2.05) is 25.3 Å². The molecule has 2 aliphatic heterocycles. The number of anilines is 1. The molecule has 2 saturated heterocycles. The van der Waals surface area contributed by atoms with E-state index in [1.165, 1.54) is 6.26 Å². The molecule has 1 aromatic carbocycles. The fourth-order valence-electron chi connectivity index (χ4n) is 5.02. The second kappa shape index (κ2) is 8.38. The van der Waals surface area contributed by atoms with E-state index in [9.17, 15) is 8.42 Å². The third-order valence-electron chi connectivity index (χ3n) is 6.91. The Labute approximate surface area is 194 Å². The number of aryl methyl sites for hydroxylation is 1. The molecule has 9 heteroatoms. The minimum absolute atomic E-state index is 0.128. The summed E-state index contributed by atoms with van der Waals surface area (Å²) in [6.07, 6.45) is 3.98. The number of sulfone groups is 1. The third-order valence-corrected chi connectivity index (χ3v) is 8.94. The number of nitrogens with one attached hydrogen (secondary N) is 1. The van der Waals surface area contributed by atoms with E-state index in [2.05, 4.69) is 28.9 Å². The van der Waals surface area contributed by atoms with Gasteiger partial charge in [-0.2, -0.15) is 0 Å². The fourth-order valence-corrected chi connectivity index (χ4v) is 6.41. The van der Waals surface area contributed by atoms with Crippen LogP contribution in [0.15, 0.2) is 30.5 Å². The van der Waals surface area contributed by atoms with Crippen molar-refractivity contribution in [2.45, 2.75) is 37.5 Å². The van der Waals surface area contributed by atoms with Crippen LogP contribution >= 0.6 is 0 Å². The largest absolute Gasteiger partial charge is 0.381 e. The molecule has 1 atom stereocenters. The van der Waals surface area contributed by atoms with E-state index in [0.717, 1.165) is 27.8 Å². The summed E-state index contributed by atoms with van der Waals surface area (Å²) in [7, 11) is -3.46. The van der Waals surface area contributed by atoms with Gasteiger partial charge in [-0.05, 0) is 50.5 Å². The topological polar surface area (TPSA) is 97.4 Å². The monoisotopic (exact) mass is 470 g/mol. The van der Waals surface area contributed by atoms with Crippen LogP contribution < -0.4 is 4.90 Å². The summed E-state index contributed by atoms with van der Waals surface area (Å²) < 4.78 is 36.4. The van der Waals surface area contributed by atoms with Crippen LogP contribution in [0.1, 0.15) is 31.0 Å². The van der Waals surface area contributed by atoms with Gasteiger partial charge >= 0.3 is 0 Å². The summed E-state index contributed by atoms with van der Waals surface area (Å²) in [5.41, 5.74) is 3.53. The minimum Gasteiger partial charge on any atom is -0.381 e. The van der Waals surface area contributed by atoms with Gasteiger partial charge in [-0.3, -0.25) is 0 Å². The second-order valence-corrected chi connectivity index (χ2v) is 11.5. The van der Waals surface area contributed by atoms with Crippen molar-refractivity contribution in [2.75, 3.05) is 44.1 Å². The number of ether oxygens (including phenoxy) is 2. The summed E-state index contributed by atoms with van der Waals surface area (Å²) in [5.74, 6) is 1.29. The van der Waals surface area contributed by atoms with Gasteiger partial charge in [0.25, 0.3) is 0 Å². The Morgan fingerprint density at radius 1 is 1.12 bits per heavy atom. The van der Waals surface area contributed by atoms with Gasteiger partial charge in [0, 0.05) is 54.7 Å². The zero-order chi connectivity index (χ0) is 23.2. The van der Waals surface area contributed by atoms with E-state index in [4.69, 9.17) is 19.4 Å². The molecule has 8 nitrogen and oxygen atoms in total. The number of nitrogens with zero attached hydrogens (tertiary/aromatic N) is 3. The van der Waals surface area contributed by atoms with Gasteiger partial charge in [-0.15, -0.1) is 0 Å². The van der Waals surface area contributed by atoms with Gasteiger partial charge in [0.1, 0.15) is 10.6 Å². The van der Waals surface area contributed by atoms with Crippen molar-refractivity contribution in [2.24, 2.45) is 0 Å². The Balaban J connectivity index is 1.76. The highest BCUT2D eigenvalue weighted by molar-refractivity contribution is 7.91. The summed E-state index contributed by atoms with van der Waals surface area (Å²) in [6.45, 7) is 6.82. The second-order valence-electron chi connectivity index (χ2n) is 9.18. The van der Waals surface area contributed by atoms with Crippen LogP contribution in [0.4, 0.5) is 5.82 Å². The first-order chi connectivity index (χ1) is 15.8. The predicted octanol–water partition coefficient (Wildman–Crippen LogP) is 3.21. The van der Waals surface area contributed by atoms with Crippen molar-refractivity contribution in [3.05, 3.63) is 41.7 Å². The summed E-state index contributed by atoms with van der Waals surface area (Å²) >= 11 is 0. The van der Waals surface area contributed by atoms with Crippen molar-refractivity contribution in [1.82, 2.24) is 15.0 Å². The Bertz CT molecular complexity index is 1280. The van der Waals surface area contributed by atoms with E-state index < -0.39 is 14.6 Å². The first kappa shape index (κ1) is 22.3. The SMILES string of the molecule is Cc1cc(-c2nc(N3CCOCC3C)cc(C3(S(C)(=O)=O)CCOCC3)n2)c2cc[nH]c2c1. The van der Waals surface area contributed by atoms with Gasteiger partial charge in [-0.1, -0.05) is 0 Å². The maximum Gasteiger partial charge on any atom is 0.162 e. The fraction of sp³-hybridized carbons (Fsp3) is 0.500. The van der Waals surface area contributed by atoms with Gasteiger partial charge < -0.3 is 19.4 Å². The zero-order valence-corrected chi connectivity index (χ0v) is 20.1. The van der Waals surface area contributed by atoms with Crippen LogP contribution in [0.25, 0.3) is 22.3 Å².